The van der Waals surface area contributed by atoms with Gasteiger partial charge in [0.25, 0.3) is 11.8 Å². The van der Waals surface area contributed by atoms with Crippen molar-refractivity contribution in [2.45, 2.75) is 6.61 Å². The summed E-state index contributed by atoms with van der Waals surface area (Å²) >= 11 is 13.7. The van der Waals surface area contributed by atoms with E-state index in [9.17, 15) is 14.0 Å². The van der Waals surface area contributed by atoms with Crippen LogP contribution in [0, 0.1) is 5.82 Å². The van der Waals surface area contributed by atoms with E-state index in [1.54, 1.807) is 47.9 Å². The molecule has 174 valence electrons. The monoisotopic (exact) mass is 534 g/mol. The van der Waals surface area contributed by atoms with Gasteiger partial charge >= 0.3 is 0 Å². The normalized spacial score (nSPS) is 14.6. The first-order valence-electron chi connectivity index (χ1n) is 9.73. The Morgan fingerprint density at radius 3 is 2.76 bits per heavy atom. The highest BCUT2D eigenvalue weighted by Crippen LogP contribution is 2.35. The molecule has 1 aliphatic heterocycles. The molecule has 2 heterocycles. The molecule has 4 rings (SSSR count). The number of nitrogens with zero attached hydrogens (tertiary/aromatic N) is 1. The van der Waals surface area contributed by atoms with Crippen LogP contribution in [-0.2, 0) is 11.4 Å². The molecule has 1 N–H and O–H groups in total. The Bertz CT molecular complexity index is 1280. The van der Waals surface area contributed by atoms with Gasteiger partial charge in [0, 0.05) is 5.56 Å². The Morgan fingerprint density at radius 2 is 2.06 bits per heavy atom. The van der Waals surface area contributed by atoms with E-state index in [4.69, 9.17) is 33.3 Å². The van der Waals surface area contributed by atoms with Crippen LogP contribution in [0.4, 0.5) is 4.39 Å². The maximum atomic E-state index is 14.1. The van der Waals surface area contributed by atoms with E-state index in [0.29, 0.717) is 26.8 Å². The molecule has 1 aromatic heterocycles. The molecule has 3 aromatic rings. The van der Waals surface area contributed by atoms with E-state index in [-0.39, 0.29) is 21.5 Å². The molecule has 0 saturated carbocycles. The van der Waals surface area contributed by atoms with Crippen LogP contribution in [-0.4, -0.2) is 28.3 Å². The fraction of sp³-hybridized carbons (Fsp3) is 0.0870. The van der Waals surface area contributed by atoms with Crippen LogP contribution in [0.15, 0.2) is 58.8 Å². The van der Waals surface area contributed by atoms with Gasteiger partial charge in [0.05, 0.1) is 21.9 Å². The molecule has 2 amide bonds. The Morgan fingerprint density at radius 1 is 1.24 bits per heavy atom. The second-order valence-electron chi connectivity index (χ2n) is 6.83. The van der Waals surface area contributed by atoms with Crippen molar-refractivity contribution in [2.24, 2.45) is 0 Å². The van der Waals surface area contributed by atoms with Crippen molar-refractivity contribution in [3.05, 3.63) is 85.7 Å². The van der Waals surface area contributed by atoms with Gasteiger partial charge in [-0.05, 0) is 59.6 Å². The molecular weight excluding hydrogens is 519 g/mol. The number of thioether (sulfide) groups is 1. The minimum Gasteiger partial charge on any atom is -0.493 e. The van der Waals surface area contributed by atoms with E-state index in [1.165, 1.54) is 30.6 Å². The summed E-state index contributed by atoms with van der Waals surface area (Å²) in [5.74, 6) is -0.566. The Hall–Kier alpha value is -2.92. The molecule has 0 bridgehead atoms. The van der Waals surface area contributed by atoms with Gasteiger partial charge in [0.15, 0.2) is 15.8 Å². The number of hydrogen-bond acceptors (Lipinski definition) is 7. The number of thiocarbonyl (C=S) groups is 1. The van der Waals surface area contributed by atoms with Crippen LogP contribution >= 0.6 is 46.9 Å². The highest BCUT2D eigenvalue weighted by atomic mass is 35.5. The molecule has 1 saturated heterocycles. The van der Waals surface area contributed by atoms with E-state index < -0.39 is 17.6 Å². The summed E-state index contributed by atoms with van der Waals surface area (Å²) in [6.07, 6.45) is 1.62. The number of hydrazine groups is 1. The Balaban J connectivity index is 1.53. The van der Waals surface area contributed by atoms with Gasteiger partial charge in [-0.25, -0.2) is 4.39 Å². The van der Waals surface area contributed by atoms with Gasteiger partial charge in [-0.1, -0.05) is 41.6 Å². The minimum atomic E-state index is -0.476. The molecular formula is C23H16ClFN2O4S3. The lowest BCUT2D eigenvalue weighted by Crippen LogP contribution is -2.44. The summed E-state index contributed by atoms with van der Waals surface area (Å²) in [6, 6.07) is 12.9. The number of thiophene rings is 1. The molecule has 0 aliphatic carbocycles. The number of hydrogen-bond donors (Lipinski definition) is 1. The second-order valence-corrected chi connectivity index (χ2v) is 9.87. The molecule has 11 heteroatoms. The quantitative estimate of drug-likeness (QED) is 0.311. The number of benzene rings is 2. The van der Waals surface area contributed by atoms with Crippen molar-refractivity contribution in [3.8, 4) is 11.5 Å². The van der Waals surface area contributed by atoms with Crippen molar-refractivity contribution in [1.29, 1.82) is 0 Å². The van der Waals surface area contributed by atoms with Crippen LogP contribution in [0.5, 0.6) is 11.5 Å². The number of nitrogens with one attached hydrogen (secondary N) is 1. The summed E-state index contributed by atoms with van der Waals surface area (Å²) < 4.78 is 25.4. The predicted molar refractivity (Wildman–Crippen MR) is 136 cm³/mol. The number of rotatable bonds is 7. The molecule has 0 unspecified atom stereocenters. The minimum absolute atomic E-state index is 0.109. The van der Waals surface area contributed by atoms with E-state index >= 15 is 0 Å². The van der Waals surface area contributed by atoms with E-state index in [1.807, 2.05) is 0 Å². The molecule has 34 heavy (non-hydrogen) atoms. The largest absolute Gasteiger partial charge is 0.493 e. The zero-order valence-corrected chi connectivity index (χ0v) is 20.7. The van der Waals surface area contributed by atoms with Gasteiger partial charge in [0.1, 0.15) is 12.4 Å². The number of halogens is 2. The number of carbonyl (C=O) groups is 2. The average Bonchev–Trinajstić information content (AvgIpc) is 3.44. The topological polar surface area (TPSA) is 67.9 Å². The highest BCUT2D eigenvalue weighted by Gasteiger charge is 2.34. The summed E-state index contributed by atoms with van der Waals surface area (Å²) in [7, 11) is 1.49. The lowest BCUT2D eigenvalue weighted by atomic mass is 10.1. The summed E-state index contributed by atoms with van der Waals surface area (Å²) in [5, 5.41) is 3.07. The summed E-state index contributed by atoms with van der Waals surface area (Å²) in [6.45, 7) is -0.109. The van der Waals surface area contributed by atoms with E-state index in [0.717, 1.165) is 16.8 Å². The molecule has 6 nitrogen and oxygen atoms in total. The van der Waals surface area contributed by atoms with Crippen LogP contribution in [0.25, 0.3) is 6.08 Å². The first kappa shape index (κ1) is 24.2. The second kappa shape index (κ2) is 10.6. The van der Waals surface area contributed by atoms with Crippen molar-refractivity contribution >= 4 is 69.1 Å². The third kappa shape index (κ3) is 5.25. The first-order valence-corrected chi connectivity index (χ1v) is 12.2. The Kier molecular flexibility index (Phi) is 7.52. The number of amides is 2. The lowest BCUT2D eigenvalue weighted by Gasteiger charge is -2.14. The zero-order chi connectivity index (χ0) is 24.2. The van der Waals surface area contributed by atoms with Gasteiger partial charge in [-0.15, -0.1) is 11.3 Å². The number of methoxy groups -OCH3 is 1. The third-order valence-corrected chi connectivity index (χ3v) is 7.20. The molecule has 1 fully saturated rings. The molecule has 1 aliphatic rings. The first-order chi connectivity index (χ1) is 16.4. The van der Waals surface area contributed by atoms with Crippen molar-refractivity contribution in [2.75, 3.05) is 7.11 Å². The maximum absolute atomic E-state index is 14.1. The van der Waals surface area contributed by atoms with Crippen molar-refractivity contribution < 1.29 is 23.5 Å². The molecule has 0 radical (unpaired) electrons. The summed E-state index contributed by atoms with van der Waals surface area (Å²) in [4.78, 5) is 26.0. The van der Waals surface area contributed by atoms with Crippen LogP contribution in [0.1, 0.15) is 20.8 Å². The smallest absolute Gasteiger partial charge is 0.285 e. The number of carbonyl (C=O) groups excluding carboxylic acids is 2. The van der Waals surface area contributed by atoms with Gasteiger partial charge in [-0.2, -0.15) is 5.01 Å². The van der Waals surface area contributed by atoms with E-state index in [2.05, 4.69) is 5.43 Å². The van der Waals surface area contributed by atoms with Gasteiger partial charge in [-0.3, -0.25) is 15.0 Å². The molecule has 0 spiro atoms. The van der Waals surface area contributed by atoms with Crippen molar-refractivity contribution in [1.82, 2.24) is 10.4 Å². The Labute approximate surface area is 213 Å². The van der Waals surface area contributed by atoms with Gasteiger partial charge < -0.3 is 9.47 Å². The summed E-state index contributed by atoms with van der Waals surface area (Å²) in [5.41, 5.74) is 3.38. The fourth-order valence-electron chi connectivity index (χ4n) is 3.00. The predicted octanol–water partition coefficient (Wildman–Crippen LogP) is 5.67. The van der Waals surface area contributed by atoms with Crippen LogP contribution in [0.2, 0.25) is 5.02 Å². The third-order valence-electron chi connectivity index (χ3n) is 4.67. The zero-order valence-electron chi connectivity index (χ0n) is 17.5. The molecule has 0 atom stereocenters. The fourth-order valence-corrected chi connectivity index (χ4v) is 5.01. The SMILES string of the molecule is COc1ccc(C=C2SC(=S)N(NC(=O)c3cccs3)C2=O)cc1OCc1c(F)cccc1Cl. The average molecular weight is 535 g/mol. The highest BCUT2D eigenvalue weighted by molar-refractivity contribution is 8.26. The lowest BCUT2D eigenvalue weighted by molar-refractivity contribution is -0.123. The number of ether oxygens (including phenoxy) is 2. The van der Waals surface area contributed by atoms with Crippen LogP contribution < -0.4 is 14.9 Å². The maximum Gasteiger partial charge on any atom is 0.285 e. The van der Waals surface area contributed by atoms with Crippen LogP contribution in [0.3, 0.4) is 0 Å². The van der Waals surface area contributed by atoms with Gasteiger partial charge in [0.2, 0.25) is 0 Å². The standard InChI is InChI=1S/C23H16ClFN2O4S3/c1-30-17-8-7-13(10-18(17)31-12-14-15(24)4-2-5-16(14)25)11-20-22(29)27(23(32)34-20)26-21(28)19-6-3-9-33-19/h2-11H,12H2,1H3,(H,26,28). The van der Waals surface area contributed by atoms with Crippen molar-refractivity contribution in [3.63, 3.8) is 0 Å². The molecule has 2 aromatic carbocycles.